The summed E-state index contributed by atoms with van der Waals surface area (Å²) in [6.07, 6.45) is -0.371. The number of ether oxygens (including phenoxy) is 2. The van der Waals surface area contributed by atoms with Crippen molar-refractivity contribution in [2.75, 3.05) is 44.5 Å². The number of carbonyl (C=O) groups excluding carboxylic acids is 1. The number of anilines is 2. The fourth-order valence-electron chi connectivity index (χ4n) is 2.83. The van der Waals surface area contributed by atoms with Gasteiger partial charge in [0.1, 0.15) is 6.10 Å². The third kappa shape index (κ3) is 4.93. The van der Waals surface area contributed by atoms with Crippen LogP contribution in [-0.2, 0) is 14.8 Å². The summed E-state index contributed by atoms with van der Waals surface area (Å²) in [7, 11) is 1.31. The molecule has 1 aromatic carbocycles. The van der Waals surface area contributed by atoms with Crippen LogP contribution >= 0.6 is 0 Å². The maximum Gasteiger partial charge on any atom is 0.411 e. The van der Waals surface area contributed by atoms with E-state index in [0.29, 0.717) is 30.4 Å². The van der Waals surface area contributed by atoms with Gasteiger partial charge in [-0.1, -0.05) is 0 Å². The Morgan fingerprint density at radius 3 is 2.48 bits per heavy atom. The Kier molecular flexibility index (Phi) is 6.18. The fraction of sp³-hybridized carbons (Fsp3) is 0.389. The van der Waals surface area contributed by atoms with Gasteiger partial charge in [-0.2, -0.15) is 4.31 Å². The van der Waals surface area contributed by atoms with E-state index >= 15 is 0 Å². The zero-order chi connectivity index (χ0) is 21.0. The number of hydrogen-bond acceptors (Lipinski definition) is 8. The molecule has 1 aliphatic rings. The van der Waals surface area contributed by atoms with Crippen LogP contribution in [0.15, 0.2) is 41.3 Å². The third-order valence-electron chi connectivity index (χ3n) is 4.40. The lowest BCUT2D eigenvalue weighted by atomic mass is 10.3. The van der Waals surface area contributed by atoms with E-state index in [1.165, 1.54) is 35.7 Å². The summed E-state index contributed by atoms with van der Waals surface area (Å²) in [5, 5.41) is 10.6. The monoisotopic (exact) mass is 421 g/mol. The first-order valence-corrected chi connectivity index (χ1v) is 10.4. The molecule has 1 N–H and O–H groups in total. The predicted octanol–water partition coefficient (Wildman–Crippen LogP) is 1.56. The molecule has 1 saturated heterocycles. The van der Waals surface area contributed by atoms with Crippen molar-refractivity contribution in [1.29, 1.82) is 0 Å². The van der Waals surface area contributed by atoms with Crippen LogP contribution in [0.3, 0.4) is 0 Å². The van der Waals surface area contributed by atoms with E-state index in [-0.39, 0.29) is 17.5 Å². The molecule has 0 spiro atoms. The van der Waals surface area contributed by atoms with Crippen LogP contribution in [0, 0.1) is 0 Å². The molecule has 0 aliphatic carbocycles. The van der Waals surface area contributed by atoms with Crippen LogP contribution in [0.4, 0.5) is 16.3 Å². The Morgan fingerprint density at radius 2 is 1.90 bits per heavy atom. The van der Waals surface area contributed by atoms with Crippen molar-refractivity contribution in [2.24, 2.45) is 0 Å². The third-order valence-corrected chi connectivity index (χ3v) is 6.28. The molecule has 11 heteroatoms. The zero-order valence-electron chi connectivity index (χ0n) is 16.4. The summed E-state index contributed by atoms with van der Waals surface area (Å²) in [6.45, 7) is 0.569. The zero-order valence-corrected chi connectivity index (χ0v) is 17.2. The Bertz CT molecular complexity index is 948. The number of hydrogen-bond donors (Lipinski definition) is 1. The van der Waals surface area contributed by atoms with Gasteiger partial charge in [-0.25, -0.2) is 13.2 Å². The lowest BCUT2D eigenvalue weighted by Gasteiger charge is -2.17. The minimum absolute atomic E-state index is 0.142. The highest BCUT2D eigenvalue weighted by Gasteiger charge is 2.33. The van der Waals surface area contributed by atoms with Crippen molar-refractivity contribution in [2.45, 2.75) is 17.4 Å². The molecule has 1 aliphatic heterocycles. The van der Waals surface area contributed by atoms with Gasteiger partial charge in [-0.05, 0) is 36.8 Å². The second-order valence-electron chi connectivity index (χ2n) is 6.66. The van der Waals surface area contributed by atoms with Crippen molar-refractivity contribution >= 4 is 27.6 Å². The number of sulfonamides is 1. The highest BCUT2D eigenvalue weighted by molar-refractivity contribution is 7.89. The lowest BCUT2D eigenvalue weighted by molar-refractivity contribution is 0.187. The average molecular weight is 421 g/mol. The molecule has 2 heterocycles. The maximum absolute atomic E-state index is 12.9. The Morgan fingerprint density at radius 1 is 1.17 bits per heavy atom. The molecule has 0 saturated carbocycles. The molecule has 1 aromatic heterocycles. The topological polar surface area (TPSA) is 114 Å². The Balaban J connectivity index is 1.63. The highest BCUT2D eigenvalue weighted by Crippen LogP contribution is 2.24. The van der Waals surface area contributed by atoms with Crippen molar-refractivity contribution in [1.82, 2.24) is 14.5 Å². The minimum atomic E-state index is -3.67. The maximum atomic E-state index is 12.9. The summed E-state index contributed by atoms with van der Waals surface area (Å²) < 4.78 is 37.4. The van der Waals surface area contributed by atoms with Crippen LogP contribution in [-0.4, -0.2) is 69.4 Å². The van der Waals surface area contributed by atoms with Crippen LogP contribution in [0.25, 0.3) is 0 Å². The summed E-state index contributed by atoms with van der Waals surface area (Å²) in [4.78, 5) is 13.2. The number of nitrogens with one attached hydrogen (secondary N) is 1. The fourth-order valence-corrected chi connectivity index (χ4v) is 4.31. The molecule has 1 fully saturated rings. The number of carbonyl (C=O) groups is 1. The van der Waals surface area contributed by atoms with E-state index in [0.717, 1.165) is 0 Å². The summed E-state index contributed by atoms with van der Waals surface area (Å²) in [6, 6.07) is 9.41. The second-order valence-corrected chi connectivity index (χ2v) is 8.59. The molecule has 156 valence electrons. The van der Waals surface area contributed by atoms with Gasteiger partial charge in [0.2, 0.25) is 15.9 Å². The number of aromatic nitrogens is 2. The number of benzene rings is 1. The van der Waals surface area contributed by atoms with Crippen molar-refractivity contribution < 1.29 is 22.7 Å². The van der Waals surface area contributed by atoms with Gasteiger partial charge < -0.3 is 14.4 Å². The van der Waals surface area contributed by atoms with E-state index < -0.39 is 16.1 Å². The molecule has 0 radical (unpaired) electrons. The van der Waals surface area contributed by atoms with Gasteiger partial charge in [-0.3, -0.25) is 5.32 Å². The van der Waals surface area contributed by atoms with Crippen LogP contribution in [0.2, 0.25) is 0 Å². The largest absolute Gasteiger partial charge is 0.472 e. The van der Waals surface area contributed by atoms with E-state index in [2.05, 4.69) is 20.3 Å². The smallest absolute Gasteiger partial charge is 0.411 e. The van der Waals surface area contributed by atoms with Gasteiger partial charge in [0.25, 0.3) is 0 Å². The molecule has 0 bridgehead atoms. The van der Waals surface area contributed by atoms with E-state index in [1.807, 2.05) is 19.0 Å². The average Bonchev–Trinajstić information content (AvgIpc) is 3.18. The van der Waals surface area contributed by atoms with Crippen molar-refractivity contribution in [3.05, 3.63) is 36.4 Å². The highest BCUT2D eigenvalue weighted by atomic mass is 32.2. The quantitative estimate of drug-likeness (QED) is 0.748. The second kappa shape index (κ2) is 8.62. The van der Waals surface area contributed by atoms with Crippen molar-refractivity contribution in [3.63, 3.8) is 0 Å². The van der Waals surface area contributed by atoms with E-state index in [9.17, 15) is 13.2 Å². The lowest BCUT2D eigenvalue weighted by Crippen LogP contribution is -2.31. The Hall–Kier alpha value is -2.92. The van der Waals surface area contributed by atoms with Crippen LogP contribution in [0.5, 0.6) is 5.88 Å². The number of nitrogens with zero attached hydrogens (tertiary/aromatic N) is 4. The first kappa shape index (κ1) is 20.8. The molecule has 1 unspecified atom stereocenters. The van der Waals surface area contributed by atoms with Crippen molar-refractivity contribution in [3.8, 4) is 5.88 Å². The van der Waals surface area contributed by atoms with E-state index in [4.69, 9.17) is 4.74 Å². The molecular weight excluding hydrogens is 398 g/mol. The first-order valence-electron chi connectivity index (χ1n) is 8.92. The SMILES string of the molecule is COC(=O)Nc1ccc(S(=O)(=O)N2CCC(Oc3ccc(N(C)C)nn3)C2)cc1. The van der Waals surface area contributed by atoms with Gasteiger partial charge in [-0.15, -0.1) is 10.2 Å². The van der Waals surface area contributed by atoms with Gasteiger partial charge in [0.05, 0.1) is 18.6 Å². The van der Waals surface area contributed by atoms with Crippen LogP contribution in [0.1, 0.15) is 6.42 Å². The molecule has 2 aromatic rings. The molecule has 29 heavy (non-hydrogen) atoms. The molecular formula is C18H23N5O5S. The van der Waals surface area contributed by atoms with Gasteiger partial charge >= 0.3 is 6.09 Å². The summed E-state index contributed by atoms with van der Waals surface area (Å²) >= 11 is 0. The number of amides is 1. The van der Waals surface area contributed by atoms with Gasteiger partial charge in [0, 0.05) is 32.4 Å². The Labute approximate surface area is 169 Å². The van der Waals surface area contributed by atoms with Crippen LogP contribution < -0.4 is 15.0 Å². The molecule has 1 amide bonds. The number of methoxy groups -OCH3 is 1. The molecule has 3 rings (SSSR count). The minimum Gasteiger partial charge on any atom is -0.472 e. The molecule has 1 atom stereocenters. The van der Waals surface area contributed by atoms with Gasteiger partial charge in [0.15, 0.2) is 5.82 Å². The standard InChI is InChI=1S/C18H23N5O5S/c1-22(2)16-8-9-17(21-20-16)28-14-10-11-23(12-14)29(25,26)15-6-4-13(5-7-15)19-18(24)27-3/h4-9,14H,10-12H2,1-3H3,(H,19,24). The summed E-state index contributed by atoms with van der Waals surface area (Å²) in [5.41, 5.74) is 0.443. The normalized spacial score (nSPS) is 17.0. The van der Waals surface area contributed by atoms with E-state index in [1.54, 1.807) is 12.1 Å². The number of rotatable bonds is 6. The summed E-state index contributed by atoms with van der Waals surface area (Å²) in [5.74, 6) is 1.07. The molecule has 10 nitrogen and oxygen atoms in total. The first-order chi connectivity index (χ1) is 13.8. The predicted molar refractivity (Wildman–Crippen MR) is 107 cm³/mol.